The Hall–Kier alpha value is -3.91. The lowest BCUT2D eigenvalue weighted by Crippen LogP contribution is -2.23. The van der Waals surface area contributed by atoms with Gasteiger partial charge in [0.15, 0.2) is 5.82 Å². The van der Waals surface area contributed by atoms with E-state index in [9.17, 15) is 9.90 Å². The van der Waals surface area contributed by atoms with Crippen molar-refractivity contribution in [3.63, 3.8) is 0 Å². The quantitative estimate of drug-likeness (QED) is 0.469. The highest BCUT2D eigenvalue weighted by Gasteiger charge is 2.20. The number of hydrogen-bond donors (Lipinski definition) is 1. The van der Waals surface area contributed by atoms with Crippen LogP contribution in [0.4, 0.5) is 0 Å². The molecule has 8 heteroatoms. The van der Waals surface area contributed by atoms with Gasteiger partial charge in [0.2, 0.25) is 0 Å². The van der Waals surface area contributed by atoms with Gasteiger partial charge in [-0.2, -0.15) is 0 Å². The third-order valence-electron chi connectivity index (χ3n) is 5.37. The second-order valence-electron chi connectivity index (χ2n) is 8.70. The van der Waals surface area contributed by atoms with E-state index >= 15 is 0 Å². The van der Waals surface area contributed by atoms with Crippen molar-refractivity contribution in [3.05, 3.63) is 93.7 Å². The zero-order valence-corrected chi connectivity index (χ0v) is 19.9. The second kappa shape index (κ2) is 9.15. The number of pyridine rings is 3. The predicted octanol–water partition coefficient (Wildman–Crippen LogP) is 3.82. The Balaban J connectivity index is 1.68. The highest BCUT2D eigenvalue weighted by Crippen LogP contribution is 2.23. The number of ether oxygens (including phenoxy) is 1. The third-order valence-corrected chi connectivity index (χ3v) is 5.37. The highest BCUT2D eigenvalue weighted by molar-refractivity contribution is 5.57. The minimum Gasteiger partial charge on any atom is -0.487 e. The molecule has 0 atom stereocenters. The number of nitrogens with zero attached hydrogens (tertiary/aromatic N) is 5. The first kappa shape index (κ1) is 23.3. The van der Waals surface area contributed by atoms with Crippen molar-refractivity contribution in [1.29, 1.82) is 0 Å². The van der Waals surface area contributed by atoms with E-state index in [-0.39, 0.29) is 12.2 Å². The molecular formula is C26H27N5O3. The summed E-state index contributed by atoms with van der Waals surface area (Å²) in [4.78, 5) is 30.7. The van der Waals surface area contributed by atoms with Crippen LogP contribution in [-0.4, -0.2) is 29.6 Å². The van der Waals surface area contributed by atoms with Crippen molar-refractivity contribution in [2.24, 2.45) is 0 Å². The molecule has 0 fully saturated rings. The summed E-state index contributed by atoms with van der Waals surface area (Å²) in [5.74, 6) is 0.827. The molecule has 0 aromatic carbocycles. The fourth-order valence-electron chi connectivity index (χ4n) is 3.59. The zero-order chi connectivity index (χ0) is 24.5. The van der Waals surface area contributed by atoms with E-state index in [2.05, 4.69) is 19.9 Å². The van der Waals surface area contributed by atoms with E-state index in [4.69, 9.17) is 4.74 Å². The average Bonchev–Trinajstić information content (AvgIpc) is 2.80. The maximum Gasteiger partial charge on any atom is 0.261 e. The molecule has 0 aliphatic carbocycles. The summed E-state index contributed by atoms with van der Waals surface area (Å²) in [6.07, 6.45) is 3.21. The zero-order valence-electron chi connectivity index (χ0n) is 19.9. The van der Waals surface area contributed by atoms with Gasteiger partial charge in [-0.25, -0.2) is 9.97 Å². The summed E-state index contributed by atoms with van der Waals surface area (Å²) in [5, 5.41) is 10.2. The van der Waals surface area contributed by atoms with Crippen LogP contribution >= 0.6 is 0 Å². The maximum absolute atomic E-state index is 13.3. The topological polar surface area (TPSA) is 103 Å². The second-order valence-corrected chi connectivity index (χ2v) is 8.70. The Labute approximate surface area is 198 Å². The average molecular weight is 458 g/mol. The van der Waals surface area contributed by atoms with Gasteiger partial charge in [-0.1, -0.05) is 6.07 Å². The Morgan fingerprint density at radius 3 is 2.47 bits per heavy atom. The Morgan fingerprint density at radius 2 is 1.74 bits per heavy atom. The van der Waals surface area contributed by atoms with Crippen molar-refractivity contribution >= 4 is 0 Å². The van der Waals surface area contributed by atoms with E-state index in [0.29, 0.717) is 34.2 Å². The van der Waals surface area contributed by atoms with Crippen LogP contribution in [0, 0.1) is 20.8 Å². The first-order valence-electron chi connectivity index (χ1n) is 10.9. The predicted molar refractivity (Wildman–Crippen MR) is 129 cm³/mol. The number of hydrogen-bond acceptors (Lipinski definition) is 7. The number of aliphatic hydroxyl groups is 1. The van der Waals surface area contributed by atoms with Gasteiger partial charge >= 0.3 is 0 Å². The van der Waals surface area contributed by atoms with Crippen molar-refractivity contribution in [2.75, 3.05) is 0 Å². The molecular weight excluding hydrogens is 430 g/mol. The van der Waals surface area contributed by atoms with E-state index in [1.54, 1.807) is 55.9 Å². The molecule has 0 aliphatic rings. The molecule has 0 amide bonds. The normalized spacial score (nSPS) is 11.5. The molecule has 0 unspecified atom stereocenters. The standard InChI is InChI=1S/C26H27N5O3/c1-16-7-6-8-19(29-16)15-34-23-13-17(2)31(24(32)18(23)3)20-9-11-27-22(14-20)21-10-12-28-25(30-21)26(4,5)33/h6-14,33H,15H2,1-5H3. The smallest absolute Gasteiger partial charge is 0.261 e. The molecule has 0 bridgehead atoms. The molecule has 4 aromatic heterocycles. The Kier molecular flexibility index (Phi) is 6.26. The van der Waals surface area contributed by atoms with Crippen LogP contribution in [0.25, 0.3) is 17.1 Å². The van der Waals surface area contributed by atoms with E-state index in [1.165, 1.54) is 0 Å². The Bertz CT molecular complexity index is 1410. The summed E-state index contributed by atoms with van der Waals surface area (Å²) in [7, 11) is 0. The Morgan fingerprint density at radius 1 is 0.971 bits per heavy atom. The van der Waals surface area contributed by atoms with Gasteiger partial charge in [-0.3, -0.25) is 19.3 Å². The molecule has 0 saturated carbocycles. The van der Waals surface area contributed by atoms with Gasteiger partial charge in [0.25, 0.3) is 5.56 Å². The van der Waals surface area contributed by atoms with Crippen LogP contribution in [0.3, 0.4) is 0 Å². The molecule has 4 aromatic rings. The fraction of sp³-hybridized carbons (Fsp3) is 0.269. The van der Waals surface area contributed by atoms with E-state index in [1.807, 2.05) is 38.1 Å². The number of aryl methyl sites for hydroxylation is 2. The molecule has 1 N–H and O–H groups in total. The first-order valence-corrected chi connectivity index (χ1v) is 10.9. The van der Waals surface area contributed by atoms with Gasteiger partial charge in [0, 0.05) is 29.8 Å². The van der Waals surface area contributed by atoms with Crippen LogP contribution in [0.2, 0.25) is 0 Å². The van der Waals surface area contributed by atoms with E-state index in [0.717, 1.165) is 17.1 Å². The summed E-state index contributed by atoms with van der Waals surface area (Å²) in [5.41, 5.74) is 3.37. The number of rotatable bonds is 6. The largest absolute Gasteiger partial charge is 0.487 e. The molecule has 0 radical (unpaired) electrons. The monoisotopic (exact) mass is 457 g/mol. The fourth-order valence-corrected chi connectivity index (χ4v) is 3.59. The van der Waals surface area contributed by atoms with Crippen LogP contribution in [0.5, 0.6) is 5.75 Å². The van der Waals surface area contributed by atoms with Crippen molar-refractivity contribution in [3.8, 4) is 22.8 Å². The summed E-state index contributed by atoms with van der Waals surface area (Å²) in [6, 6.07) is 12.9. The van der Waals surface area contributed by atoms with Gasteiger partial charge < -0.3 is 9.84 Å². The SMILES string of the molecule is Cc1cccc(COc2cc(C)n(-c3ccnc(-c4ccnc(C(C)(C)O)n4)c3)c(=O)c2C)n1. The highest BCUT2D eigenvalue weighted by atomic mass is 16.5. The van der Waals surface area contributed by atoms with Crippen LogP contribution < -0.4 is 10.3 Å². The van der Waals surface area contributed by atoms with Gasteiger partial charge in [-0.05, 0) is 65.0 Å². The van der Waals surface area contributed by atoms with Crippen LogP contribution in [0.1, 0.15) is 42.3 Å². The van der Waals surface area contributed by atoms with Crippen molar-refractivity contribution < 1.29 is 9.84 Å². The molecule has 0 spiro atoms. The third kappa shape index (κ3) is 4.87. The molecule has 0 aliphatic heterocycles. The van der Waals surface area contributed by atoms with E-state index < -0.39 is 5.60 Å². The van der Waals surface area contributed by atoms with Crippen molar-refractivity contribution in [1.82, 2.24) is 24.5 Å². The number of aromatic nitrogens is 5. The van der Waals surface area contributed by atoms with Crippen molar-refractivity contribution in [2.45, 2.75) is 46.8 Å². The summed E-state index contributed by atoms with van der Waals surface area (Å²) in [6.45, 7) is 9.06. The summed E-state index contributed by atoms with van der Waals surface area (Å²) < 4.78 is 7.56. The van der Waals surface area contributed by atoms with Gasteiger partial charge in [0.1, 0.15) is 18.0 Å². The minimum atomic E-state index is -1.18. The van der Waals surface area contributed by atoms with Gasteiger partial charge in [0.05, 0.1) is 28.3 Å². The lowest BCUT2D eigenvalue weighted by Gasteiger charge is -2.17. The molecule has 4 heterocycles. The lowest BCUT2D eigenvalue weighted by molar-refractivity contribution is 0.0688. The molecule has 0 saturated heterocycles. The lowest BCUT2D eigenvalue weighted by atomic mass is 10.1. The molecule has 34 heavy (non-hydrogen) atoms. The summed E-state index contributed by atoms with van der Waals surface area (Å²) >= 11 is 0. The van der Waals surface area contributed by atoms with Crippen LogP contribution in [0.15, 0.2) is 59.7 Å². The maximum atomic E-state index is 13.3. The van der Waals surface area contributed by atoms with Gasteiger partial charge in [-0.15, -0.1) is 0 Å². The van der Waals surface area contributed by atoms with Crippen LogP contribution in [-0.2, 0) is 12.2 Å². The molecule has 174 valence electrons. The first-order chi connectivity index (χ1) is 16.1. The molecule has 4 rings (SSSR count). The minimum absolute atomic E-state index is 0.177. The molecule has 8 nitrogen and oxygen atoms in total.